The zero-order valence-electron chi connectivity index (χ0n) is 6.95. The fourth-order valence-electron chi connectivity index (χ4n) is 1.55. The van der Waals surface area contributed by atoms with E-state index < -0.39 is 0 Å². The first kappa shape index (κ1) is 7.90. The van der Waals surface area contributed by atoms with Gasteiger partial charge in [0.05, 0.1) is 13.2 Å². The number of rotatable bonds is 2. The molecule has 0 N–H and O–H groups in total. The van der Waals surface area contributed by atoms with E-state index in [1.165, 1.54) is 5.75 Å². The summed E-state index contributed by atoms with van der Waals surface area (Å²) >= 11 is 2.09. The summed E-state index contributed by atoms with van der Waals surface area (Å²) in [5, 5.41) is 0.924. The van der Waals surface area contributed by atoms with Crippen LogP contribution < -0.4 is 0 Å². The van der Waals surface area contributed by atoms with Gasteiger partial charge in [-0.25, -0.2) is 0 Å². The Balaban J connectivity index is 1.81. The lowest BCUT2D eigenvalue weighted by Crippen LogP contribution is -2.44. The van der Waals surface area contributed by atoms with Gasteiger partial charge < -0.3 is 4.74 Å². The maximum atomic E-state index is 5.30. The molecule has 0 saturated carbocycles. The Morgan fingerprint density at radius 3 is 2.64 bits per heavy atom. The molecular weight excluding hydrogens is 158 g/mol. The quantitative estimate of drug-likeness (QED) is 0.574. The lowest BCUT2D eigenvalue weighted by molar-refractivity contribution is 0.0220. The molecule has 2 heterocycles. The van der Waals surface area contributed by atoms with Gasteiger partial charge in [-0.1, -0.05) is 0 Å². The SMILES string of the molecule is CC(C1CS1)N1CCOCC1. The molecule has 0 aromatic rings. The number of hydrogen-bond donors (Lipinski definition) is 0. The highest BCUT2D eigenvalue weighted by Gasteiger charge is 2.33. The number of hydrogen-bond acceptors (Lipinski definition) is 3. The molecule has 0 radical (unpaired) electrons. The Hall–Kier alpha value is 0.270. The summed E-state index contributed by atoms with van der Waals surface area (Å²) in [4.78, 5) is 2.55. The van der Waals surface area contributed by atoms with Crippen molar-refractivity contribution in [2.45, 2.75) is 18.2 Å². The van der Waals surface area contributed by atoms with Crippen LogP contribution in [0.25, 0.3) is 0 Å². The third-order valence-electron chi connectivity index (χ3n) is 2.52. The molecule has 0 aliphatic carbocycles. The van der Waals surface area contributed by atoms with Gasteiger partial charge in [0.1, 0.15) is 0 Å². The number of ether oxygens (including phenoxy) is 1. The second kappa shape index (κ2) is 3.33. The Morgan fingerprint density at radius 2 is 2.09 bits per heavy atom. The van der Waals surface area contributed by atoms with Gasteiger partial charge in [0, 0.05) is 30.1 Å². The third kappa shape index (κ3) is 1.89. The summed E-state index contributed by atoms with van der Waals surface area (Å²) in [6, 6.07) is 0.781. The number of morpholine rings is 1. The fraction of sp³-hybridized carbons (Fsp3) is 1.00. The van der Waals surface area contributed by atoms with E-state index in [4.69, 9.17) is 4.74 Å². The van der Waals surface area contributed by atoms with E-state index in [9.17, 15) is 0 Å². The van der Waals surface area contributed by atoms with E-state index in [0.29, 0.717) is 0 Å². The zero-order chi connectivity index (χ0) is 7.68. The predicted molar refractivity (Wildman–Crippen MR) is 48.1 cm³/mol. The van der Waals surface area contributed by atoms with Crippen molar-refractivity contribution in [3.8, 4) is 0 Å². The second-order valence-corrected chi connectivity index (χ2v) is 4.53. The molecular formula is C8H15NOS. The van der Waals surface area contributed by atoms with Crippen LogP contribution >= 0.6 is 11.8 Å². The summed E-state index contributed by atoms with van der Waals surface area (Å²) in [7, 11) is 0. The number of thioether (sulfide) groups is 1. The molecule has 64 valence electrons. The maximum absolute atomic E-state index is 5.30. The first-order valence-corrected chi connectivity index (χ1v) is 5.36. The number of nitrogens with zero attached hydrogens (tertiary/aromatic N) is 1. The summed E-state index contributed by atoms with van der Waals surface area (Å²) in [5.41, 5.74) is 0. The molecule has 3 heteroatoms. The molecule has 2 atom stereocenters. The van der Waals surface area contributed by atoms with Crippen molar-refractivity contribution in [1.29, 1.82) is 0 Å². The predicted octanol–water partition coefficient (Wildman–Crippen LogP) is 0.823. The van der Waals surface area contributed by atoms with Gasteiger partial charge >= 0.3 is 0 Å². The van der Waals surface area contributed by atoms with Crippen molar-refractivity contribution < 1.29 is 4.74 Å². The van der Waals surface area contributed by atoms with Crippen LogP contribution in [0, 0.1) is 0 Å². The second-order valence-electron chi connectivity index (χ2n) is 3.26. The summed E-state index contributed by atoms with van der Waals surface area (Å²) in [5.74, 6) is 1.37. The molecule has 2 unspecified atom stereocenters. The van der Waals surface area contributed by atoms with Gasteiger partial charge in [-0.15, -0.1) is 0 Å². The lowest BCUT2D eigenvalue weighted by atomic mass is 10.2. The Labute approximate surface area is 72.3 Å². The zero-order valence-corrected chi connectivity index (χ0v) is 7.77. The van der Waals surface area contributed by atoms with Crippen molar-refractivity contribution in [3.05, 3.63) is 0 Å². The standard InChI is InChI=1S/C8H15NOS/c1-7(8-6-11-8)9-2-4-10-5-3-9/h7-8H,2-6H2,1H3. The van der Waals surface area contributed by atoms with Crippen molar-refractivity contribution in [1.82, 2.24) is 4.90 Å². The van der Waals surface area contributed by atoms with Crippen LogP contribution in [0.1, 0.15) is 6.92 Å². The van der Waals surface area contributed by atoms with Gasteiger partial charge in [0.25, 0.3) is 0 Å². The van der Waals surface area contributed by atoms with Crippen LogP contribution in [-0.4, -0.2) is 48.2 Å². The molecule has 0 spiro atoms. The van der Waals surface area contributed by atoms with Gasteiger partial charge in [0.15, 0.2) is 0 Å². The minimum atomic E-state index is 0.781. The molecule has 0 aromatic heterocycles. The Bertz CT molecular complexity index is 132. The molecule has 0 bridgehead atoms. The monoisotopic (exact) mass is 173 g/mol. The van der Waals surface area contributed by atoms with Crippen molar-refractivity contribution >= 4 is 11.8 Å². The first-order valence-electron chi connectivity index (χ1n) is 4.31. The largest absolute Gasteiger partial charge is 0.379 e. The van der Waals surface area contributed by atoms with E-state index in [0.717, 1.165) is 37.6 Å². The first-order chi connectivity index (χ1) is 5.38. The smallest absolute Gasteiger partial charge is 0.0594 e. The average Bonchev–Trinajstić information content (AvgIpc) is 2.87. The molecule has 11 heavy (non-hydrogen) atoms. The Morgan fingerprint density at radius 1 is 1.45 bits per heavy atom. The summed E-state index contributed by atoms with van der Waals surface area (Å²) in [6.45, 7) is 6.48. The fourth-order valence-corrected chi connectivity index (χ4v) is 2.39. The van der Waals surface area contributed by atoms with E-state index >= 15 is 0 Å². The van der Waals surface area contributed by atoms with Crippen LogP contribution in [0.5, 0.6) is 0 Å². The summed E-state index contributed by atoms with van der Waals surface area (Å²) in [6.07, 6.45) is 0. The normalized spacial score (nSPS) is 35.2. The van der Waals surface area contributed by atoms with Crippen molar-refractivity contribution in [3.63, 3.8) is 0 Å². The maximum Gasteiger partial charge on any atom is 0.0594 e. The molecule has 2 saturated heterocycles. The Kier molecular flexibility index (Phi) is 2.39. The molecule has 0 amide bonds. The van der Waals surface area contributed by atoms with E-state index in [1.54, 1.807) is 0 Å². The van der Waals surface area contributed by atoms with E-state index in [1.807, 2.05) is 0 Å². The molecule has 2 nitrogen and oxygen atoms in total. The summed E-state index contributed by atoms with van der Waals surface area (Å²) < 4.78 is 5.30. The molecule has 0 aromatic carbocycles. The van der Waals surface area contributed by atoms with Crippen molar-refractivity contribution in [2.24, 2.45) is 0 Å². The van der Waals surface area contributed by atoms with Crippen LogP contribution in [0.3, 0.4) is 0 Å². The van der Waals surface area contributed by atoms with Gasteiger partial charge in [-0.2, -0.15) is 11.8 Å². The molecule has 2 aliphatic rings. The average molecular weight is 173 g/mol. The molecule has 2 rings (SSSR count). The van der Waals surface area contributed by atoms with Crippen LogP contribution in [-0.2, 0) is 4.74 Å². The highest BCUT2D eigenvalue weighted by atomic mass is 32.2. The van der Waals surface area contributed by atoms with Crippen molar-refractivity contribution in [2.75, 3.05) is 32.1 Å². The van der Waals surface area contributed by atoms with Crippen LogP contribution in [0.2, 0.25) is 0 Å². The highest BCUT2D eigenvalue weighted by molar-refractivity contribution is 8.06. The van der Waals surface area contributed by atoms with Crippen LogP contribution in [0.4, 0.5) is 0 Å². The molecule has 2 aliphatic heterocycles. The van der Waals surface area contributed by atoms with Gasteiger partial charge in [0.2, 0.25) is 0 Å². The topological polar surface area (TPSA) is 12.5 Å². The van der Waals surface area contributed by atoms with E-state index in [-0.39, 0.29) is 0 Å². The van der Waals surface area contributed by atoms with Gasteiger partial charge in [-0.05, 0) is 6.92 Å². The minimum absolute atomic E-state index is 0.781. The lowest BCUT2D eigenvalue weighted by Gasteiger charge is -2.31. The third-order valence-corrected chi connectivity index (χ3v) is 3.63. The van der Waals surface area contributed by atoms with Gasteiger partial charge in [-0.3, -0.25) is 4.90 Å². The van der Waals surface area contributed by atoms with Crippen LogP contribution in [0.15, 0.2) is 0 Å². The van der Waals surface area contributed by atoms with E-state index in [2.05, 4.69) is 23.6 Å². The highest BCUT2D eigenvalue weighted by Crippen LogP contribution is 2.35. The minimum Gasteiger partial charge on any atom is -0.379 e. The molecule has 2 fully saturated rings.